The maximum Gasteiger partial charge on any atom is 0.146 e. The van der Waals surface area contributed by atoms with Crippen LogP contribution < -0.4 is 11.5 Å². The lowest BCUT2D eigenvalue weighted by atomic mass is 9.75. The minimum absolute atomic E-state index is 0.0171. The van der Waals surface area contributed by atoms with Crippen LogP contribution in [0, 0.1) is 11.6 Å². The number of halogens is 2. The van der Waals surface area contributed by atoms with E-state index in [1.165, 1.54) is 49.9 Å². The zero-order valence-corrected chi connectivity index (χ0v) is 20.6. The van der Waals surface area contributed by atoms with Crippen molar-refractivity contribution in [3.05, 3.63) is 47.0 Å². The van der Waals surface area contributed by atoms with Crippen molar-refractivity contribution in [2.75, 3.05) is 11.5 Å². The monoisotopic (exact) mass is 474 g/mol. The highest BCUT2D eigenvalue weighted by Gasteiger charge is 2.32. The minimum Gasteiger partial charge on any atom is -0.508 e. The maximum absolute atomic E-state index is 13.5. The van der Waals surface area contributed by atoms with Crippen LogP contribution in [0.4, 0.5) is 20.2 Å². The number of phenolic OH excluding ortho intramolecular Hbond substituents is 2. The summed E-state index contributed by atoms with van der Waals surface area (Å²) in [7, 11) is 0. The van der Waals surface area contributed by atoms with E-state index in [9.17, 15) is 19.0 Å². The summed E-state index contributed by atoms with van der Waals surface area (Å²) >= 11 is 0. The Hall–Kier alpha value is -2.50. The Labute approximate surface area is 202 Å². The molecule has 0 spiro atoms. The smallest absolute Gasteiger partial charge is 0.146 e. The van der Waals surface area contributed by atoms with Crippen LogP contribution in [-0.4, -0.2) is 10.2 Å². The SMILES string of the molecule is CC1(c2cc(F)c(N)cc2O)CCCCCC1.CC1(c2cc(F)c(N)cc2O)CCCCCC1. The van der Waals surface area contributed by atoms with Crippen LogP contribution in [0.2, 0.25) is 0 Å². The largest absolute Gasteiger partial charge is 0.508 e. The van der Waals surface area contributed by atoms with Crippen LogP contribution in [0.5, 0.6) is 11.5 Å². The lowest BCUT2D eigenvalue weighted by Crippen LogP contribution is -2.21. The number of hydrogen-bond acceptors (Lipinski definition) is 4. The van der Waals surface area contributed by atoms with E-state index in [1.54, 1.807) is 0 Å². The van der Waals surface area contributed by atoms with Gasteiger partial charge in [0.2, 0.25) is 0 Å². The van der Waals surface area contributed by atoms with Gasteiger partial charge in [0, 0.05) is 23.3 Å². The van der Waals surface area contributed by atoms with E-state index in [4.69, 9.17) is 11.5 Å². The summed E-state index contributed by atoms with van der Waals surface area (Å²) < 4.78 is 27.1. The van der Waals surface area contributed by atoms with E-state index in [1.807, 2.05) is 0 Å². The van der Waals surface area contributed by atoms with Crippen LogP contribution in [0.1, 0.15) is 102 Å². The molecule has 2 aliphatic carbocycles. The number of aromatic hydroxyl groups is 2. The lowest BCUT2D eigenvalue weighted by Gasteiger charge is -2.29. The first-order valence-corrected chi connectivity index (χ1v) is 12.6. The molecule has 0 aromatic heterocycles. The second-order valence-electron chi connectivity index (χ2n) is 10.7. The summed E-state index contributed by atoms with van der Waals surface area (Å²) in [5.74, 6) is -0.590. The van der Waals surface area contributed by atoms with Crippen molar-refractivity contribution in [3.63, 3.8) is 0 Å². The molecule has 0 radical (unpaired) electrons. The summed E-state index contributed by atoms with van der Waals surface area (Å²) in [6.07, 6.45) is 13.5. The van der Waals surface area contributed by atoms with E-state index in [2.05, 4.69) is 13.8 Å². The molecule has 2 aromatic carbocycles. The number of anilines is 2. The van der Waals surface area contributed by atoms with E-state index in [0.717, 1.165) is 51.4 Å². The van der Waals surface area contributed by atoms with Gasteiger partial charge in [0.15, 0.2) is 0 Å². The average Bonchev–Trinajstić information content (AvgIpc) is 3.14. The molecule has 0 atom stereocenters. The number of rotatable bonds is 2. The van der Waals surface area contributed by atoms with Gasteiger partial charge in [-0.25, -0.2) is 8.78 Å². The molecule has 0 unspecified atom stereocenters. The van der Waals surface area contributed by atoms with Gasteiger partial charge in [0.25, 0.3) is 0 Å². The number of nitrogen functional groups attached to an aromatic ring is 2. The van der Waals surface area contributed by atoms with Gasteiger partial charge < -0.3 is 21.7 Å². The summed E-state index contributed by atoms with van der Waals surface area (Å²) in [5.41, 5.74) is 12.1. The van der Waals surface area contributed by atoms with Crippen molar-refractivity contribution in [2.45, 2.75) is 102 Å². The predicted octanol–water partition coefficient (Wildman–Crippen LogP) is 7.45. The van der Waals surface area contributed by atoms with Crippen molar-refractivity contribution < 1.29 is 19.0 Å². The van der Waals surface area contributed by atoms with Gasteiger partial charge in [-0.05, 0) is 48.6 Å². The molecule has 0 amide bonds. The molecule has 6 N–H and O–H groups in total. The average molecular weight is 475 g/mol. The molecule has 4 nitrogen and oxygen atoms in total. The minimum atomic E-state index is -0.428. The molecule has 0 saturated heterocycles. The van der Waals surface area contributed by atoms with Crippen molar-refractivity contribution in [3.8, 4) is 11.5 Å². The normalized spacial score (nSPS) is 19.9. The Morgan fingerprint density at radius 2 is 0.882 bits per heavy atom. The summed E-state index contributed by atoms with van der Waals surface area (Å²) in [5, 5.41) is 20.0. The molecule has 2 fully saturated rings. The van der Waals surface area contributed by atoms with Crippen LogP contribution in [0.3, 0.4) is 0 Å². The van der Waals surface area contributed by atoms with Crippen molar-refractivity contribution in [1.29, 1.82) is 0 Å². The van der Waals surface area contributed by atoms with E-state index < -0.39 is 11.6 Å². The van der Waals surface area contributed by atoms with Gasteiger partial charge in [-0.15, -0.1) is 0 Å². The van der Waals surface area contributed by atoms with Gasteiger partial charge in [-0.1, -0.05) is 65.2 Å². The summed E-state index contributed by atoms with van der Waals surface area (Å²) in [6, 6.07) is 5.49. The Kier molecular flexibility index (Phi) is 8.32. The standard InChI is InChI=1S/2C14H20FNO/c2*1-14(6-4-2-3-5-7-14)10-8-11(15)12(16)9-13(10)17/h2*8-9,17H,2-7,16H2,1H3. The molecule has 0 aliphatic heterocycles. The molecule has 188 valence electrons. The van der Waals surface area contributed by atoms with Crippen molar-refractivity contribution in [2.24, 2.45) is 0 Å². The Bertz CT molecular complexity index is 897. The van der Waals surface area contributed by atoms with Gasteiger partial charge in [-0.2, -0.15) is 0 Å². The van der Waals surface area contributed by atoms with Crippen LogP contribution >= 0.6 is 0 Å². The first kappa shape index (κ1) is 26.1. The Morgan fingerprint density at radius 3 is 1.18 bits per heavy atom. The second kappa shape index (κ2) is 10.8. The molecule has 0 heterocycles. The molecule has 2 saturated carbocycles. The fourth-order valence-corrected chi connectivity index (χ4v) is 5.68. The maximum atomic E-state index is 13.5. The topological polar surface area (TPSA) is 92.5 Å². The zero-order valence-electron chi connectivity index (χ0n) is 20.6. The third-order valence-electron chi connectivity index (χ3n) is 7.94. The molecular weight excluding hydrogens is 434 g/mol. The number of phenols is 2. The molecule has 6 heteroatoms. The molecule has 34 heavy (non-hydrogen) atoms. The first-order valence-electron chi connectivity index (χ1n) is 12.6. The number of benzene rings is 2. The molecular formula is C28H40F2N2O2. The number of hydrogen-bond donors (Lipinski definition) is 4. The van der Waals surface area contributed by atoms with E-state index >= 15 is 0 Å². The molecule has 0 bridgehead atoms. The predicted molar refractivity (Wildman–Crippen MR) is 135 cm³/mol. The second-order valence-corrected chi connectivity index (χ2v) is 10.7. The summed E-state index contributed by atoms with van der Waals surface area (Å²) in [6.45, 7) is 4.23. The van der Waals surface area contributed by atoms with Crippen molar-refractivity contribution >= 4 is 11.4 Å². The quantitative estimate of drug-likeness (QED) is 0.269. The highest BCUT2D eigenvalue weighted by molar-refractivity contribution is 5.52. The number of nitrogens with two attached hydrogens (primary N) is 2. The van der Waals surface area contributed by atoms with Crippen LogP contribution in [-0.2, 0) is 10.8 Å². The molecule has 4 rings (SSSR count). The van der Waals surface area contributed by atoms with Gasteiger partial charge in [0.1, 0.15) is 23.1 Å². The highest BCUT2D eigenvalue weighted by Crippen LogP contribution is 2.44. The summed E-state index contributed by atoms with van der Waals surface area (Å²) in [4.78, 5) is 0. The van der Waals surface area contributed by atoms with Crippen LogP contribution in [0.25, 0.3) is 0 Å². The fourth-order valence-electron chi connectivity index (χ4n) is 5.68. The molecule has 2 aromatic rings. The lowest BCUT2D eigenvalue weighted by molar-refractivity contribution is 0.377. The highest BCUT2D eigenvalue weighted by atomic mass is 19.1. The van der Waals surface area contributed by atoms with Gasteiger partial charge in [-0.3, -0.25) is 0 Å². The van der Waals surface area contributed by atoms with Crippen LogP contribution in [0.15, 0.2) is 24.3 Å². The zero-order chi connectivity index (χ0) is 24.9. The fraction of sp³-hybridized carbons (Fsp3) is 0.571. The van der Waals surface area contributed by atoms with E-state index in [0.29, 0.717) is 11.1 Å². The Balaban J connectivity index is 0.000000191. The van der Waals surface area contributed by atoms with E-state index in [-0.39, 0.29) is 33.7 Å². The van der Waals surface area contributed by atoms with Gasteiger partial charge >= 0.3 is 0 Å². The third kappa shape index (κ3) is 5.94. The van der Waals surface area contributed by atoms with Crippen molar-refractivity contribution in [1.82, 2.24) is 0 Å². The Morgan fingerprint density at radius 1 is 0.588 bits per heavy atom. The molecule has 2 aliphatic rings. The first-order chi connectivity index (χ1) is 16.1. The van der Waals surface area contributed by atoms with Gasteiger partial charge in [0.05, 0.1) is 11.4 Å². The third-order valence-corrected chi connectivity index (χ3v) is 7.94.